The summed E-state index contributed by atoms with van der Waals surface area (Å²) in [4.78, 5) is 4.21. The lowest BCUT2D eigenvalue weighted by atomic mass is 10.1. The Balaban J connectivity index is 2.45. The first-order chi connectivity index (χ1) is 11.8. The molecule has 2 aromatic carbocycles. The number of anilines is 1. The molecule has 0 aliphatic rings. The molecule has 0 heterocycles. The van der Waals surface area contributed by atoms with Crippen LogP contribution in [0.25, 0.3) is 0 Å². The average Bonchev–Trinajstić information content (AvgIpc) is 2.59. The summed E-state index contributed by atoms with van der Waals surface area (Å²) >= 11 is 12.6. The van der Waals surface area contributed by atoms with Crippen LogP contribution in [0, 0.1) is 11.3 Å². The molecule has 0 aliphatic heterocycles. The first kappa shape index (κ1) is 19.8. The molecule has 6 heteroatoms. The number of rotatable bonds is 6. The van der Waals surface area contributed by atoms with Crippen LogP contribution in [0.3, 0.4) is 0 Å². The molecule has 1 unspecified atom stereocenters. The van der Waals surface area contributed by atoms with Crippen LogP contribution in [-0.2, 0) is 6.54 Å². The van der Waals surface area contributed by atoms with Gasteiger partial charge in [-0.2, -0.15) is 5.26 Å². The summed E-state index contributed by atoms with van der Waals surface area (Å²) in [7, 11) is 7.69. The number of benzene rings is 2. The van der Waals surface area contributed by atoms with Crippen molar-refractivity contribution in [2.24, 2.45) is 0 Å². The van der Waals surface area contributed by atoms with Crippen LogP contribution in [0.5, 0.6) is 0 Å². The maximum absolute atomic E-state index is 9.11. The number of nitrogens with zero attached hydrogens (tertiary/aromatic N) is 3. The molecule has 0 spiro atoms. The smallest absolute Gasteiger partial charge is 0.101 e. The van der Waals surface area contributed by atoms with Gasteiger partial charge < -0.3 is 4.90 Å². The molecular formula is C19H20Cl2N3P. The Morgan fingerprint density at radius 2 is 1.84 bits per heavy atom. The van der Waals surface area contributed by atoms with Crippen molar-refractivity contribution in [1.82, 2.24) is 4.90 Å². The van der Waals surface area contributed by atoms with Gasteiger partial charge in [0.1, 0.15) is 6.07 Å². The van der Waals surface area contributed by atoms with Gasteiger partial charge in [-0.05, 0) is 50.8 Å². The second-order valence-corrected chi connectivity index (χ2v) is 7.28. The molecule has 130 valence electrons. The van der Waals surface area contributed by atoms with Crippen molar-refractivity contribution in [1.29, 1.82) is 5.26 Å². The van der Waals surface area contributed by atoms with Gasteiger partial charge in [0.05, 0.1) is 16.6 Å². The lowest BCUT2D eigenvalue weighted by Gasteiger charge is -2.34. The van der Waals surface area contributed by atoms with E-state index in [0.717, 1.165) is 21.7 Å². The maximum atomic E-state index is 9.11. The highest BCUT2D eigenvalue weighted by Crippen LogP contribution is 2.28. The predicted molar refractivity (Wildman–Crippen MR) is 110 cm³/mol. The molecule has 0 bridgehead atoms. The van der Waals surface area contributed by atoms with Gasteiger partial charge in [0.2, 0.25) is 0 Å². The zero-order chi connectivity index (χ0) is 18.6. The Morgan fingerprint density at radius 3 is 2.40 bits per heavy atom. The van der Waals surface area contributed by atoms with Crippen LogP contribution in [0.1, 0.15) is 18.1 Å². The number of hydrogen-bond acceptors (Lipinski definition) is 2. The second-order valence-electron chi connectivity index (χ2n) is 5.95. The summed E-state index contributed by atoms with van der Waals surface area (Å²) in [6.07, 6.45) is 0. The number of hydrogen-bond donors (Lipinski definition) is 0. The Hall–Kier alpha value is -1.56. The molecule has 1 atom stereocenters. The topological polar surface area (TPSA) is 30.3 Å². The van der Waals surface area contributed by atoms with Crippen molar-refractivity contribution in [3.05, 3.63) is 63.6 Å². The van der Waals surface area contributed by atoms with Gasteiger partial charge in [-0.15, -0.1) is 8.86 Å². The summed E-state index contributed by atoms with van der Waals surface area (Å²) in [6.45, 7) is 2.72. The van der Waals surface area contributed by atoms with E-state index in [4.69, 9.17) is 28.5 Å². The highest BCUT2D eigenvalue weighted by molar-refractivity contribution is 7.21. The van der Waals surface area contributed by atoms with E-state index in [0.29, 0.717) is 17.1 Å². The molecule has 0 fully saturated rings. The third-order valence-corrected chi connectivity index (χ3v) is 5.59. The molecule has 3 nitrogen and oxygen atoms in total. The molecule has 0 aliphatic carbocycles. The molecule has 0 saturated heterocycles. The Bertz CT molecular complexity index is 815. The van der Waals surface area contributed by atoms with Gasteiger partial charge in [-0.3, -0.25) is 4.90 Å². The highest BCUT2D eigenvalue weighted by Gasteiger charge is 2.21. The third kappa shape index (κ3) is 4.75. The first-order valence-electron chi connectivity index (χ1n) is 7.80. The lowest BCUT2D eigenvalue weighted by Crippen LogP contribution is -2.43. The minimum absolute atomic E-state index is 0.0481. The van der Waals surface area contributed by atoms with E-state index in [2.05, 4.69) is 26.8 Å². The van der Waals surface area contributed by atoms with E-state index >= 15 is 0 Å². The molecule has 25 heavy (non-hydrogen) atoms. The third-order valence-electron chi connectivity index (χ3n) is 4.05. The summed E-state index contributed by atoms with van der Waals surface area (Å²) in [5.74, 6) is 0. The van der Waals surface area contributed by atoms with Gasteiger partial charge in [-0.25, -0.2) is 0 Å². The zero-order valence-electron chi connectivity index (χ0n) is 14.4. The molecular weight excluding hydrogens is 372 g/mol. The molecule has 0 N–H and O–H groups in total. The van der Waals surface area contributed by atoms with Crippen molar-refractivity contribution in [3.63, 3.8) is 0 Å². The van der Waals surface area contributed by atoms with Crippen LogP contribution in [0.2, 0.25) is 10.0 Å². The fourth-order valence-electron chi connectivity index (χ4n) is 2.56. The molecule has 2 rings (SSSR count). The second kappa shape index (κ2) is 8.70. The monoisotopic (exact) mass is 391 g/mol. The van der Waals surface area contributed by atoms with Gasteiger partial charge in [-0.1, -0.05) is 41.4 Å². The van der Waals surface area contributed by atoms with Gasteiger partial charge in [0, 0.05) is 22.7 Å². The number of likely N-dealkylation sites (N-methyl/N-ethyl adjacent to an activating group) is 1. The fourth-order valence-corrected chi connectivity index (χ4v) is 3.12. The summed E-state index contributed by atoms with van der Waals surface area (Å²) < 4.78 is 0. The van der Waals surface area contributed by atoms with Crippen molar-refractivity contribution in [2.45, 2.75) is 19.5 Å². The van der Waals surface area contributed by atoms with Crippen LogP contribution >= 0.6 is 32.1 Å². The van der Waals surface area contributed by atoms with Gasteiger partial charge in [0.15, 0.2) is 0 Å². The molecule has 0 saturated carbocycles. The van der Waals surface area contributed by atoms with E-state index in [9.17, 15) is 0 Å². The number of nitriles is 1. The normalized spacial score (nSPS) is 11.9. The quantitative estimate of drug-likeness (QED) is 0.642. The largest absolute Gasteiger partial charge is 0.359 e. The minimum atomic E-state index is 0.0481. The zero-order valence-corrected chi connectivity index (χ0v) is 16.9. The summed E-state index contributed by atoms with van der Waals surface area (Å²) in [5, 5.41) is 10.3. The minimum Gasteiger partial charge on any atom is -0.359 e. The maximum Gasteiger partial charge on any atom is 0.101 e. The van der Waals surface area contributed by atoms with Crippen molar-refractivity contribution < 1.29 is 0 Å². The van der Waals surface area contributed by atoms with E-state index in [1.165, 1.54) is 0 Å². The predicted octanol–water partition coefficient (Wildman–Crippen LogP) is 5.09. The van der Waals surface area contributed by atoms with Crippen LogP contribution < -0.4 is 4.90 Å². The Kier molecular flexibility index (Phi) is 6.87. The summed E-state index contributed by atoms with van der Waals surface area (Å²) in [5.41, 5.74) is 3.43. The Morgan fingerprint density at radius 1 is 1.16 bits per heavy atom. The van der Waals surface area contributed by atoms with Crippen LogP contribution in [0.4, 0.5) is 5.69 Å². The van der Waals surface area contributed by atoms with E-state index in [-0.39, 0.29) is 6.04 Å². The molecule has 0 amide bonds. The van der Waals surface area contributed by atoms with E-state index < -0.39 is 0 Å². The molecule has 0 aromatic heterocycles. The van der Waals surface area contributed by atoms with Crippen LogP contribution in [-0.4, -0.2) is 30.5 Å². The van der Waals surface area contributed by atoms with Crippen molar-refractivity contribution in [3.8, 4) is 6.07 Å². The first-order valence-corrected chi connectivity index (χ1v) is 9.06. The van der Waals surface area contributed by atoms with Crippen molar-refractivity contribution in [2.75, 3.05) is 19.0 Å². The highest BCUT2D eigenvalue weighted by atomic mass is 35.5. The SMILES string of the molecule is CC(C(=P)N(C)C)N(Cc1ccccc1Cl)c1ccc(C#N)c(Cl)c1. The summed E-state index contributed by atoms with van der Waals surface area (Å²) in [6, 6.07) is 15.4. The average molecular weight is 392 g/mol. The van der Waals surface area contributed by atoms with E-state index in [1.54, 1.807) is 6.07 Å². The molecule has 2 aromatic rings. The number of halogens is 2. The standard InChI is InChI=1S/C19H20Cl2N3P/c1-13(19(25)23(2)3)24(12-15-6-4-5-7-17(15)20)16-9-8-14(11-22)18(21)10-16/h4-10,13,25H,12H2,1-3H3. The Labute approximate surface area is 161 Å². The van der Waals surface area contributed by atoms with Crippen molar-refractivity contribution >= 4 is 43.2 Å². The van der Waals surface area contributed by atoms with Gasteiger partial charge >= 0.3 is 0 Å². The fraction of sp³-hybridized carbons (Fsp3) is 0.263. The molecule has 0 radical (unpaired) electrons. The van der Waals surface area contributed by atoms with Crippen LogP contribution in [0.15, 0.2) is 42.5 Å². The van der Waals surface area contributed by atoms with Gasteiger partial charge in [0.25, 0.3) is 0 Å². The lowest BCUT2D eigenvalue weighted by molar-refractivity contribution is 0.591. The van der Waals surface area contributed by atoms with E-state index in [1.807, 2.05) is 55.4 Å².